The molecule has 0 aliphatic carbocycles. The van der Waals surface area contributed by atoms with Gasteiger partial charge in [-0.3, -0.25) is 9.59 Å². The first-order valence-corrected chi connectivity index (χ1v) is 14.7. The van der Waals surface area contributed by atoms with Gasteiger partial charge in [0.1, 0.15) is 12.4 Å². The number of hydrogen-bond acceptors (Lipinski definition) is 6. The van der Waals surface area contributed by atoms with E-state index in [0.29, 0.717) is 30.9 Å². The summed E-state index contributed by atoms with van der Waals surface area (Å²) in [5.74, 6) is 0.0150. The number of rotatable bonds is 5. The fourth-order valence-corrected chi connectivity index (χ4v) is 6.08. The molecule has 1 fully saturated rings. The van der Waals surface area contributed by atoms with Crippen LogP contribution < -0.4 is 9.46 Å². The third kappa shape index (κ3) is 6.73. The van der Waals surface area contributed by atoms with Crippen LogP contribution in [0, 0.1) is 12.3 Å². The molecule has 2 bridgehead atoms. The van der Waals surface area contributed by atoms with Gasteiger partial charge in [-0.05, 0) is 62.3 Å². The summed E-state index contributed by atoms with van der Waals surface area (Å²) in [4.78, 5) is 29.9. The smallest absolute Gasteiger partial charge is 0.257 e. The molecule has 0 radical (unpaired) electrons. The highest BCUT2D eigenvalue weighted by molar-refractivity contribution is 7.89. The van der Waals surface area contributed by atoms with Gasteiger partial charge in [0.2, 0.25) is 15.9 Å². The van der Waals surface area contributed by atoms with E-state index < -0.39 is 10.0 Å². The van der Waals surface area contributed by atoms with Gasteiger partial charge in [0.15, 0.2) is 0 Å². The van der Waals surface area contributed by atoms with Crippen LogP contribution in [0.2, 0.25) is 0 Å². The van der Waals surface area contributed by atoms with Crippen LogP contribution >= 0.6 is 0 Å². The molecule has 0 aromatic heterocycles. The molecule has 3 heterocycles. The third-order valence-electron chi connectivity index (χ3n) is 7.67. The monoisotopic (exact) mass is 543 g/mol. The second-order valence-corrected chi connectivity index (χ2v) is 12.0. The second kappa shape index (κ2) is 12.3. The molecular formula is C28H37N3O6S. The molecule has 10 heteroatoms. The summed E-state index contributed by atoms with van der Waals surface area (Å²) < 4.78 is 33.8. The quantitative estimate of drug-likeness (QED) is 0.599. The van der Waals surface area contributed by atoms with Crippen molar-refractivity contribution in [2.45, 2.75) is 43.9 Å². The summed E-state index contributed by atoms with van der Waals surface area (Å²) in [6, 6.07) is 13.5. The Labute approximate surface area is 224 Å². The molecule has 0 saturated carbocycles. The predicted octanol–water partition coefficient (Wildman–Crippen LogP) is 2.58. The van der Waals surface area contributed by atoms with Crippen LogP contribution in [-0.4, -0.2) is 81.1 Å². The first kappa shape index (κ1) is 28.1. The summed E-state index contributed by atoms with van der Waals surface area (Å²) in [5.41, 5.74) is 1.19. The molecule has 206 valence electrons. The zero-order valence-electron chi connectivity index (χ0n) is 21.9. The number of fused-ring (bicyclic) bond motifs is 9. The molecule has 0 unspecified atom stereocenters. The Hall–Kier alpha value is -2.95. The number of hydrogen-bond donors (Lipinski definition) is 2. The molecule has 38 heavy (non-hydrogen) atoms. The van der Waals surface area contributed by atoms with E-state index in [4.69, 9.17) is 4.74 Å². The number of aliphatic hydroxyl groups excluding tert-OH is 1. The summed E-state index contributed by atoms with van der Waals surface area (Å²) in [6.45, 7) is 3.61. The van der Waals surface area contributed by atoms with E-state index in [1.807, 2.05) is 11.8 Å². The minimum absolute atomic E-state index is 0.0676. The van der Waals surface area contributed by atoms with Gasteiger partial charge in [0.25, 0.3) is 5.91 Å². The molecule has 0 atom stereocenters. The van der Waals surface area contributed by atoms with Gasteiger partial charge in [-0.25, -0.2) is 13.1 Å². The highest BCUT2D eigenvalue weighted by Crippen LogP contribution is 2.37. The second-order valence-electron chi connectivity index (χ2n) is 10.3. The lowest BCUT2D eigenvalue weighted by atomic mass is 9.75. The largest absolute Gasteiger partial charge is 0.491 e. The number of nitrogens with one attached hydrogen (secondary N) is 1. The summed E-state index contributed by atoms with van der Waals surface area (Å²) in [6.07, 6.45) is 3.79. The van der Waals surface area contributed by atoms with Crippen LogP contribution in [0.25, 0.3) is 0 Å². The van der Waals surface area contributed by atoms with Crippen molar-refractivity contribution in [3.05, 3.63) is 59.7 Å². The van der Waals surface area contributed by atoms with Gasteiger partial charge in [-0.1, -0.05) is 36.2 Å². The van der Waals surface area contributed by atoms with Gasteiger partial charge in [0.05, 0.1) is 23.5 Å². The number of aryl methyl sites for hydroxylation is 1. The number of amides is 2. The Morgan fingerprint density at radius 3 is 2.42 bits per heavy atom. The van der Waals surface area contributed by atoms with Crippen molar-refractivity contribution in [2.24, 2.45) is 5.41 Å². The van der Waals surface area contributed by atoms with Crippen LogP contribution in [-0.2, 0) is 14.8 Å². The summed E-state index contributed by atoms with van der Waals surface area (Å²) in [7, 11) is -3.83. The van der Waals surface area contributed by atoms with Crippen molar-refractivity contribution in [2.75, 3.05) is 45.9 Å². The molecule has 2 aromatic carbocycles. The minimum Gasteiger partial charge on any atom is -0.491 e. The van der Waals surface area contributed by atoms with E-state index in [1.165, 1.54) is 12.1 Å². The molecule has 1 saturated heterocycles. The SMILES string of the molecule is Cc1ccc(S(=O)(=O)NCC(=O)N2CCCCC3(CO)CCN(CC3)C(=O)c3ccccc3OCC2)cc1. The number of nitrogens with zero attached hydrogens (tertiary/aromatic N) is 2. The highest BCUT2D eigenvalue weighted by atomic mass is 32.2. The minimum atomic E-state index is -3.83. The Morgan fingerprint density at radius 1 is 1.00 bits per heavy atom. The van der Waals surface area contributed by atoms with Crippen molar-refractivity contribution >= 4 is 21.8 Å². The van der Waals surface area contributed by atoms with Gasteiger partial charge < -0.3 is 19.6 Å². The number of piperidine rings is 1. The van der Waals surface area contributed by atoms with Crippen LogP contribution in [0.15, 0.2) is 53.4 Å². The lowest BCUT2D eigenvalue weighted by molar-refractivity contribution is -0.130. The number of para-hydroxylation sites is 1. The predicted molar refractivity (Wildman–Crippen MR) is 143 cm³/mol. The number of carbonyl (C=O) groups is 2. The number of aliphatic hydroxyl groups is 1. The number of sulfonamides is 1. The third-order valence-corrected chi connectivity index (χ3v) is 9.08. The average Bonchev–Trinajstić information content (AvgIpc) is 2.93. The van der Waals surface area contributed by atoms with E-state index in [0.717, 1.165) is 37.7 Å². The molecule has 9 nitrogen and oxygen atoms in total. The zero-order chi connectivity index (χ0) is 27.2. The highest BCUT2D eigenvalue weighted by Gasteiger charge is 2.36. The lowest BCUT2D eigenvalue weighted by Crippen LogP contribution is -2.44. The van der Waals surface area contributed by atoms with Crippen LogP contribution in [0.1, 0.15) is 48.0 Å². The van der Waals surface area contributed by atoms with E-state index in [-0.39, 0.29) is 48.4 Å². The fourth-order valence-electron chi connectivity index (χ4n) is 5.11. The number of ether oxygens (including phenoxy) is 1. The topological polar surface area (TPSA) is 116 Å². The standard InChI is InChI=1S/C28H37N3O6S/c1-22-8-10-23(11-9-22)38(35,36)29-20-26(33)30-15-5-4-12-28(21-32)13-16-31(17-14-28)27(34)24-6-2-3-7-25(24)37-19-18-30/h2-3,6-11,29,32H,4-5,12-21H2,1H3. The van der Waals surface area contributed by atoms with E-state index in [9.17, 15) is 23.1 Å². The maximum absolute atomic E-state index is 13.3. The number of carbonyl (C=O) groups excluding carboxylic acids is 2. The Morgan fingerprint density at radius 2 is 1.71 bits per heavy atom. The summed E-state index contributed by atoms with van der Waals surface area (Å²) in [5, 5.41) is 10.2. The Kier molecular flexibility index (Phi) is 9.07. The molecule has 2 N–H and O–H groups in total. The maximum atomic E-state index is 13.3. The molecular weight excluding hydrogens is 506 g/mol. The first-order chi connectivity index (χ1) is 18.2. The molecule has 3 aliphatic rings. The van der Waals surface area contributed by atoms with Gasteiger partial charge in [-0.15, -0.1) is 0 Å². The molecule has 2 aromatic rings. The van der Waals surface area contributed by atoms with Gasteiger partial charge >= 0.3 is 0 Å². The van der Waals surface area contributed by atoms with Crippen LogP contribution in [0.4, 0.5) is 0 Å². The van der Waals surface area contributed by atoms with Gasteiger partial charge in [-0.2, -0.15) is 0 Å². The van der Waals surface area contributed by atoms with Crippen molar-refractivity contribution in [1.82, 2.24) is 14.5 Å². The van der Waals surface area contributed by atoms with Crippen molar-refractivity contribution in [3.8, 4) is 5.75 Å². The number of benzene rings is 2. The Balaban J connectivity index is 1.48. The van der Waals surface area contributed by atoms with Crippen molar-refractivity contribution in [1.29, 1.82) is 0 Å². The maximum Gasteiger partial charge on any atom is 0.257 e. The average molecular weight is 544 g/mol. The first-order valence-electron chi connectivity index (χ1n) is 13.2. The molecule has 2 amide bonds. The van der Waals surface area contributed by atoms with Crippen molar-refractivity contribution < 1.29 is 27.9 Å². The fraction of sp³-hybridized carbons (Fsp3) is 0.500. The summed E-state index contributed by atoms with van der Waals surface area (Å²) >= 11 is 0. The van der Waals surface area contributed by atoms with Gasteiger partial charge in [0, 0.05) is 26.2 Å². The van der Waals surface area contributed by atoms with E-state index in [2.05, 4.69) is 4.72 Å². The van der Waals surface area contributed by atoms with E-state index >= 15 is 0 Å². The zero-order valence-corrected chi connectivity index (χ0v) is 22.7. The molecule has 0 spiro atoms. The van der Waals surface area contributed by atoms with E-state index in [1.54, 1.807) is 41.3 Å². The lowest BCUT2D eigenvalue weighted by Gasteiger charge is -2.41. The molecule has 5 rings (SSSR count). The molecule has 3 aliphatic heterocycles. The van der Waals surface area contributed by atoms with Crippen LogP contribution in [0.5, 0.6) is 5.75 Å². The van der Waals surface area contributed by atoms with Crippen LogP contribution in [0.3, 0.4) is 0 Å². The Bertz CT molecular complexity index is 1220. The normalized spacial score (nSPS) is 18.7. The van der Waals surface area contributed by atoms with Crippen molar-refractivity contribution in [3.63, 3.8) is 0 Å².